The smallest absolute Gasteiger partial charge is 0.301 e. The van der Waals surface area contributed by atoms with Crippen LogP contribution in [0.25, 0.3) is 16.0 Å². The zero-order chi connectivity index (χ0) is 28.5. The third-order valence-electron chi connectivity index (χ3n) is 7.22. The number of carbonyl (C=O) groups is 2. The number of ketones is 1. The van der Waals surface area contributed by atoms with Crippen LogP contribution in [-0.4, -0.2) is 40.1 Å². The van der Waals surface area contributed by atoms with Crippen molar-refractivity contribution >= 4 is 60.1 Å². The standard InChI is InChI=1S/C30H25BrN2O6S/c1-13-7-14(2)24-22(8-13)40-30(32-24)33-25(18-11-19(31)27(35)21(12-18)38-4)23(28(36)29(33)37)26(34)16-5-6-20-17(10-16)9-15(3)39-20/h5-8,10-12,15,25,34-35H,9H2,1-4H3/b26-23+/t15-,25+/m0/s1. The van der Waals surface area contributed by atoms with E-state index < -0.39 is 17.7 Å². The van der Waals surface area contributed by atoms with Crippen LogP contribution >= 0.6 is 27.3 Å². The molecule has 0 saturated carbocycles. The number of hydrogen-bond donors (Lipinski definition) is 2. The van der Waals surface area contributed by atoms with E-state index in [9.17, 15) is 19.8 Å². The summed E-state index contributed by atoms with van der Waals surface area (Å²) in [5, 5.41) is 22.4. The summed E-state index contributed by atoms with van der Waals surface area (Å²) in [6, 6.07) is 11.4. The van der Waals surface area contributed by atoms with E-state index in [0.29, 0.717) is 27.2 Å². The summed E-state index contributed by atoms with van der Waals surface area (Å²) >= 11 is 4.65. The molecule has 0 aliphatic carbocycles. The molecule has 2 aliphatic rings. The molecule has 8 nitrogen and oxygen atoms in total. The molecule has 1 fully saturated rings. The molecule has 3 aromatic carbocycles. The number of nitrogens with zero attached hydrogens (tertiary/aromatic N) is 2. The van der Waals surface area contributed by atoms with Crippen LogP contribution in [0.1, 0.15) is 40.8 Å². The first kappa shape index (κ1) is 26.3. The van der Waals surface area contributed by atoms with Gasteiger partial charge in [0.2, 0.25) is 0 Å². The number of fused-ring (bicyclic) bond motifs is 2. The van der Waals surface area contributed by atoms with Crippen molar-refractivity contribution in [2.45, 2.75) is 39.3 Å². The number of thiazole rings is 1. The Bertz CT molecular complexity index is 1780. The molecular formula is C30H25BrN2O6S. The van der Waals surface area contributed by atoms with Gasteiger partial charge in [-0.15, -0.1) is 0 Å². The molecule has 0 radical (unpaired) electrons. The maximum Gasteiger partial charge on any atom is 0.301 e. The fourth-order valence-electron chi connectivity index (χ4n) is 5.44. The zero-order valence-electron chi connectivity index (χ0n) is 22.1. The topological polar surface area (TPSA) is 109 Å². The SMILES string of the molecule is COc1cc([C@@H]2/C(=C(\O)c3ccc4c(c3)C[C@H](C)O4)C(=O)C(=O)N2c2nc3c(C)cc(C)cc3s2)cc(Br)c1O. The number of halogens is 1. The van der Waals surface area contributed by atoms with Crippen LogP contribution in [0.3, 0.4) is 0 Å². The number of aromatic hydroxyl groups is 1. The van der Waals surface area contributed by atoms with Gasteiger partial charge in [-0.05, 0) is 95.4 Å². The largest absolute Gasteiger partial charge is 0.507 e. The summed E-state index contributed by atoms with van der Waals surface area (Å²) in [4.78, 5) is 33.4. The van der Waals surface area contributed by atoms with Crippen LogP contribution < -0.4 is 14.4 Å². The van der Waals surface area contributed by atoms with E-state index in [2.05, 4.69) is 15.9 Å². The summed E-state index contributed by atoms with van der Waals surface area (Å²) in [6.45, 7) is 5.90. The van der Waals surface area contributed by atoms with E-state index in [-0.39, 0.29) is 28.9 Å². The molecule has 2 atom stereocenters. The highest BCUT2D eigenvalue weighted by molar-refractivity contribution is 9.10. The minimum Gasteiger partial charge on any atom is -0.507 e. The molecule has 1 saturated heterocycles. The van der Waals surface area contributed by atoms with Gasteiger partial charge in [0.15, 0.2) is 16.6 Å². The van der Waals surface area contributed by atoms with Crippen LogP contribution in [0.2, 0.25) is 0 Å². The monoisotopic (exact) mass is 620 g/mol. The number of Topliss-reactive ketones (excluding diaryl/α,β-unsaturated/α-hetero) is 1. The lowest BCUT2D eigenvalue weighted by Gasteiger charge is -2.24. The average Bonchev–Trinajstić information content (AvgIpc) is 3.57. The van der Waals surface area contributed by atoms with Gasteiger partial charge < -0.3 is 19.7 Å². The predicted octanol–water partition coefficient (Wildman–Crippen LogP) is 6.34. The van der Waals surface area contributed by atoms with Crippen molar-refractivity contribution in [3.8, 4) is 17.2 Å². The summed E-state index contributed by atoms with van der Waals surface area (Å²) in [6.07, 6.45) is 0.673. The first-order valence-electron chi connectivity index (χ1n) is 12.6. The molecule has 1 aromatic heterocycles. The molecule has 204 valence electrons. The lowest BCUT2D eigenvalue weighted by Crippen LogP contribution is -2.29. The number of phenolic OH excluding ortho intramolecular Hbond substituents is 1. The number of methoxy groups -OCH3 is 1. The Morgan fingerprint density at radius 1 is 1.18 bits per heavy atom. The Balaban J connectivity index is 1.58. The van der Waals surface area contributed by atoms with Gasteiger partial charge in [-0.2, -0.15) is 0 Å². The minimum atomic E-state index is -1.03. The van der Waals surface area contributed by atoms with Gasteiger partial charge in [0.25, 0.3) is 5.78 Å². The third kappa shape index (κ3) is 4.13. The van der Waals surface area contributed by atoms with Gasteiger partial charge in [-0.25, -0.2) is 4.98 Å². The van der Waals surface area contributed by atoms with E-state index in [0.717, 1.165) is 32.7 Å². The highest BCUT2D eigenvalue weighted by Gasteiger charge is 2.48. The first-order valence-corrected chi connectivity index (χ1v) is 14.2. The van der Waals surface area contributed by atoms with Gasteiger partial charge in [0.05, 0.1) is 33.4 Å². The molecule has 1 amide bonds. The molecule has 2 aliphatic heterocycles. The van der Waals surface area contributed by atoms with Crippen LogP contribution in [0.5, 0.6) is 17.2 Å². The predicted molar refractivity (Wildman–Crippen MR) is 156 cm³/mol. The number of aliphatic hydroxyl groups excluding tert-OH is 1. The molecule has 40 heavy (non-hydrogen) atoms. The molecule has 4 aromatic rings. The van der Waals surface area contributed by atoms with Crippen molar-refractivity contribution in [2.75, 3.05) is 12.0 Å². The number of aryl methyl sites for hydroxylation is 2. The number of ether oxygens (including phenoxy) is 2. The molecule has 2 N–H and O–H groups in total. The summed E-state index contributed by atoms with van der Waals surface area (Å²) in [7, 11) is 1.41. The second kappa shape index (κ2) is 9.64. The first-order chi connectivity index (χ1) is 19.1. The number of rotatable bonds is 4. The van der Waals surface area contributed by atoms with Crippen LogP contribution in [0.15, 0.2) is 52.5 Å². The Kier molecular flexibility index (Phi) is 6.35. The minimum absolute atomic E-state index is 0.00548. The van der Waals surface area contributed by atoms with Crippen LogP contribution in [0.4, 0.5) is 5.13 Å². The number of carbonyl (C=O) groups excluding carboxylic acids is 2. The Morgan fingerprint density at radius 2 is 1.95 bits per heavy atom. The van der Waals surface area contributed by atoms with Crippen molar-refractivity contribution in [3.05, 3.63) is 80.3 Å². The van der Waals surface area contributed by atoms with Crippen LogP contribution in [-0.2, 0) is 16.0 Å². The molecule has 3 heterocycles. The lowest BCUT2D eigenvalue weighted by atomic mass is 9.94. The van der Waals surface area contributed by atoms with E-state index >= 15 is 0 Å². The zero-order valence-corrected chi connectivity index (χ0v) is 24.5. The van der Waals surface area contributed by atoms with Gasteiger partial charge in [-0.1, -0.05) is 17.4 Å². The number of hydrogen-bond acceptors (Lipinski definition) is 8. The number of aliphatic hydroxyl groups is 1. The highest BCUT2D eigenvalue weighted by Crippen LogP contribution is 2.48. The summed E-state index contributed by atoms with van der Waals surface area (Å²) in [5.41, 5.74) is 4.43. The quantitative estimate of drug-likeness (QED) is 0.156. The van der Waals surface area contributed by atoms with Crippen molar-refractivity contribution in [2.24, 2.45) is 0 Å². The normalized spacial score (nSPS) is 19.8. The number of amides is 1. The number of benzene rings is 3. The molecule has 0 bridgehead atoms. The molecule has 6 rings (SSSR count). The molecule has 0 unspecified atom stereocenters. The Hall–Kier alpha value is -3.89. The number of phenols is 1. The van der Waals surface area contributed by atoms with Crippen molar-refractivity contribution in [3.63, 3.8) is 0 Å². The van der Waals surface area contributed by atoms with Crippen molar-refractivity contribution < 1.29 is 29.3 Å². The second-order valence-electron chi connectivity index (χ2n) is 10.1. The van der Waals surface area contributed by atoms with Crippen LogP contribution in [0, 0.1) is 13.8 Å². The van der Waals surface area contributed by atoms with Gasteiger partial charge in [0.1, 0.15) is 17.6 Å². The van der Waals surface area contributed by atoms with E-state index in [1.54, 1.807) is 30.3 Å². The second-order valence-corrected chi connectivity index (χ2v) is 12.0. The maximum absolute atomic E-state index is 13.7. The van der Waals surface area contributed by atoms with Gasteiger partial charge in [-0.3, -0.25) is 14.5 Å². The highest BCUT2D eigenvalue weighted by atomic mass is 79.9. The van der Waals surface area contributed by atoms with E-state index in [1.165, 1.54) is 23.3 Å². The van der Waals surface area contributed by atoms with E-state index in [1.807, 2.05) is 32.9 Å². The maximum atomic E-state index is 13.7. The fourth-order valence-corrected chi connectivity index (χ4v) is 7.07. The Morgan fingerprint density at radius 3 is 2.70 bits per heavy atom. The van der Waals surface area contributed by atoms with E-state index in [4.69, 9.17) is 14.5 Å². The average molecular weight is 622 g/mol. The third-order valence-corrected chi connectivity index (χ3v) is 8.83. The summed E-state index contributed by atoms with van der Waals surface area (Å²) in [5.74, 6) is -1.18. The lowest BCUT2D eigenvalue weighted by molar-refractivity contribution is -0.132. The molecule has 0 spiro atoms. The Labute approximate surface area is 242 Å². The number of anilines is 1. The fraction of sp³-hybridized carbons (Fsp3) is 0.233. The van der Waals surface area contributed by atoms with Gasteiger partial charge >= 0.3 is 5.91 Å². The van der Waals surface area contributed by atoms with Gasteiger partial charge in [0, 0.05) is 12.0 Å². The van der Waals surface area contributed by atoms with Crippen molar-refractivity contribution in [1.82, 2.24) is 4.98 Å². The summed E-state index contributed by atoms with van der Waals surface area (Å²) < 4.78 is 12.3. The molecular weight excluding hydrogens is 596 g/mol. The molecule has 10 heteroatoms. The number of aromatic nitrogens is 1. The van der Waals surface area contributed by atoms with Crippen molar-refractivity contribution in [1.29, 1.82) is 0 Å².